The second-order valence-electron chi connectivity index (χ2n) is 3.85. The number of benzene rings is 1. The maximum absolute atomic E-state index is 11.8. The van der Waals surface area contributed by atoms with E-state index >= 15 is 0 Å². The van der Waals surface area contributed by atoms with Crippen molar-refractivity contribution in [2.24, 2.45) is 0 Å². The highest BCUT2D eigenvalue weighted by Gasteiger charge is 2.11. The Hall–Kier alpha value is -2.32. The number of hydrogen-bond donors (Lipinski definition) is 4. The van der Waals surface area contributed by atoms with Crippen molar-refractivity contribution >= 4 is 46.8 Å². The van der Waals surface area contributed by atoms with Gasteiger partial charge in [-0.05, 0) is 18.2 Å². The molecule has 0 radical (unpaired) electrons. The van der Waals surface area contributed by atoms with E-state index < -0.39 is 23.6 Å². The van der Waals surface area contributed by atoms with E-state index in [1.165, 1.54) is 24.3 Å². The normalized spacial score (nSPS) is 9.55. The van der Waals surface area contributed by atoms with Crippen LogP contribution in [0.15, 0.2) is 24.3 Å². The van der Waals surface area contributed by atoms with Gasteiger partial charge in [-0.25, -0.2) is 0 Å². The highest BCUT2D eigenvalue weighted by molar-refractivity contribution is 6.27. The van der Waals surface area contributed by atoms with E-state index in [4.69, 9.17) is 23.2 Å². The monoisotopic (exact) mass is 346 g/mol. The smallest absolute Gasteiger partial charge is 0.269 e. The van der Waals surface area contributed by atoms with Crippen molar-refractivity contribution in [3.05, 3.63) is 35.4 Å². The van der Waals surface area contributed by atoms with Crippen LogP contribution in [-0.4, -0.2) is 35.4 Å². The molecule has 1 aromatic carbocycles. The van der Waals surface area contributed by atoms with Gasteiger partial charge in [0.2, 0.25) is 0 Å². The second-order valence-corrected chi connectivity index (χ2v) is 4.39. The number of amides is 4. The Bertz CT molecular complexity index is 547. The Kier molecular flexibility index (Phi) is 7.14. The van der Waals surface area contributed by atoms with E-state index in [0.29, 0.717) is 0 Å². The molecule has 10 heteroatoms. The Balaban J connectivity index is 2.68. The second kappa shape index (κ2) is 8.85. The molecule has 0 saturated carbocycles. The lowest BCUT2D eigenvalue weighted by atomic mass is 10.1. The third kappa shape index (κ3) is 5.58. The van der Waals surface area contributed by atoms with Crippen LogP contribution in [0.2, 0.25) is 0 Å². The number of rotatable bonds is 4. The van der Waals surface area contributed by atoms with Gasteiger partial charge in [0.05, 0.1) is 0 Å². The van der Waals surface area contributed by atoms with E-state index in [-0.39, 0.29) is 22.9 Å². The summed E-state index contributed by atoms with van der Waals surface area (Å²) in [6, 6.07) is 5.63. The van der Waals surface area contributed by atoms with Gasteiger partial charge in [0.1, 0.15) is 11.8 Å². The fourth-order valence-corrected chi connectivity index (χ4v) is 1.40. The van der Waals surface area contributed by atoms with Gasteiger partial charge in [0, 0.05) is 11.1 Å². The molecule has 0 heterocycles. The molecule has 4 amide bonds. The minimum Gasteiger partial charge on any atom is -0.272 e. The summed E-state index contributed by atoms with van der Waals surface area (Å²) in [6.45, 7) is 0. The summed E-state index contributed by atoms with van der Waals surface area (Å²) in [7, 11) is 0. The number of nitrogens with one attached hydrogen (secondary N) is 4. The SMILES string of the molecule is O=C(CCl)NNC(=O)c1cccc(C(=O)NNC(=O)CCl)c1. The van der Waals surface area contributed by atoms with Crippen molar-refractivity contribution in [2.75, 3.05) is 11.8 Å². The molecule has 0 aliphatic carbocycles. The average Bonchev–Trinajstić information content (AvgIpc) is 2.56. The summed E-state index contributed by atoms with van der Waals surface area (Å²) in [5, 5.41) is 0. The van der Waals surface area contributed by atoms with Crippen molar-refractivity contribution < 1.29 is 19.2 Å². The Morgan fingerprint density at radius 2 is 1.18 bits per heavy atom. The van der Waals surface area contributed by atoms with Gasteiger partial charge in [-0.2, -0.15) is 0 Å². The van der Waals surface area contributed by atoms with Crippen LogP contribution in [0, 0.1) is 0 Å². The van der Waals surface area contributed by atoms with Crippen LogP contribution in [0.5, 0.6) is 0 Å². The minimum atomic E-state index is -0.627. The summed E-state index contributed by atoms with van der Waals surface area (Å²) >= 11 is 10.5. The molecule has 118 valence electrons. The first-order valence-corrected chi connectivity index (χ1v) is 6.95. The topological polar surface area (TPSA) is 116 Å². The molecule has 0 atom stereocenters. The van der Waals surface area contributed by atoms with Crippen LogP contribution in [0.25, 0.3) is 0 Å². The summed E-state index contributed by atoms with van der Waals surface area (Å²) in [5.41, 5.74) is 8.70. The molecular formula is C12H12Cl2N4O4. The predicted molar refractivity (Wildman–Crippen MR) is 79.1 cm³/mol. The molecule has 8 nitrogen and oxygen atoms in total. The first-order valence-electron chi connectivity index (χ1n) is 5.88. The van der Waals surface area contributed by atoms with Crippen molar-refractivity contribution in [3.8, 4) is 0 Å². The summed E-state index contributed by atoms with van der Waals surface area (Å²) in [5.74, 6) is -3.01. The van der Waals surface area contributed by atoms with Gasteiger partial charge in [-0.1, -0.05) is 6.07 Å². The molecule has 0 spiro atoms. The molecule has 0 fully saturated rings. The van der Waals surface area contributed by atoms with E-state index in [1.54, 1.807) is 0 Å². The first kappa shape index (κ1) is 17.7. The lowest BCUT2D eigenvalue weighted by Crippen LogP contribution is -2.43. The lowest BCUT2D eigenvalue weighted by Gasteiger charge is -2.08. The molecule has 0 saturated heterocycles. The minimum absolute atomic E-state index is 0.131. The number of alkyl halides is 2. The predicted octanol–water partition coefficient (Wildman–Crippen LogP) is -0.314. The molecule has 0 unspecified atom stereocenters. The third-order valence-corrected chi connectivity index (χ3v) is 2.75. The van der Waals surface area contributed by atoms with Crippen LogP contribution in [-0.2, 0) is 9.59 Å². The summed E-state index contributed by atoms with van der Waals surface area (Å²) in [4.78, 5) is 45.4. The zero-order chi connectivity index (χ0) is 16.5. The Morgan fingerprint density at radius 3 is 1.55 bits per heavy atom. The van der Waals surface area contributed by atoms with Crippen LogP contribution in [0.4, 0.5) is 0 Å². The maximum Gasteiger partial charge on any atom is 0.269 e. The molecule has 0 aliphatic heterocycles. The number of carbonyl (C=O) groups excluding carboxylic acids is 4. The van der Waals surface area contributed by atoms with Gasteiger partial charge in [-0.15, -0.1) is 23.2 Å². The third-order valence-electron chi connectivity index (χ3n) is 2.26. The quantitative estimate of drug-likeness (QED) is 0.441. The number of hydrogen-bond acceptors (Lipinski definition) is 4. The van der Waals surface area contributed by atoms with Gasteiger partial charge >= 0.3 is 0 Å². The highest BCUT2D eigenvalue weighted by Crippen LogP contribution is 2.05. The largest absolute Gasteiger partial charge is 0.272 e. The molecule has 4 N–H and O–H groups in total. The van der Waals surface area contributed by atoms with Gasteiger partial charge < -0.3 is 0 Å². The van der Waals surface area contributed by atoms with E-state index in [9.17, 15) is 19.2 Å². The fraction of sp³-hybridized carbons (Fsp3) is 0.167. The number of hydrazine groups is 2. The fourth-order valence-electron chi connectivity index (χ4n) is 1.27. The van der Waals surface area contributed by atoms with Gasteiger partial charge in [0.25, 0.3) is 23.6 Å². The zero-order valence-electron chi connectivity index (χ0n) is 11.1. The molecular weight excluding hydrogens is 335 g/mol. The molecule has 0 aliphatic rings. The van der Waals surface area contributed by atoms with E-state index in [1.807, 2.05) is 0 Å². The van der Waals surface area contributed by atoms with Crippen molar-refractivity contribution in [1.82, 2.24) is 21.7 Å². The number of carbonyl (C=O) groups is 4. The van der Waals surface area contributed by atoms with Crippen molar-refractivity contribution in [3.63, 3.8) is 0 Å². The summed E-state index contributed by atoms with van der Waals surface area (Å²) in [6.07, 6.45) is 0. The van der Waals surface area contributed by atoms with E-state index in [2.05, 4.69) is 21.7 Å². The summed E-state index contributed by atoms with van der Waals surface area (Å²) < 4.78 is 0. The zero-order valence-corrected chi connectivity index (χ0v) is 12.6. The molecule has 22 heavy (non-hydrogen) atoms. The van der Waals surface area contributed by atoms with Crippen LogP contribution in [0.3, 0.4) is 0 Å². The van der Waals surface area contributed by atoms with Gasteiger partial charge in [-0.3, -0.25) is 40.9 Å². The maximum atomic E-state index is 11.8. The average molecular weight is 347 g/mol. The Morgan fingerprint density at radius 1 is 0.773 bits per heavy atom. The van der Waals surface area contributed by atoms with Crippen LogP contribution >= 0.6 is 23.2 Å². The molecule has 1 rings (SSSR count). The van der Waals surface area contributed by atoms with Crippen molar-refractivity contribution in [1.29, 1.82) is 0 Å². The standard InChI is InChI=1S/C12H12Cl2N4O4/c13-5-9(19)15-17-11(21)7-2-1-3-8(4-7)12(22)18-16-10(20)6-14/h1-4H,5-6H2,(H,15,19)(H,16,20)(H,17,21)(H,18,22). The number of halogens is 2. The Labute approximate surface area is 135 Å². The molecule has 1 aromatic rings. The van der Waals surface area contributed by atoms with Crippen LogP contribution < -0.4 is 21.7 Å². The first-order chi connectivity index (χ1) is 10.5. The highest BCUT2D eigenvalue weighted by atomic mass is 35.5. The van der Waals surface area contributed by atoms with E-state index in [0.717, 1.165) is 0 Å². The molecule has 0 bridgehead atoms. The lowest BCUT2D eigenvalue weighted by molar-refractivity contribution is -0.120. The van der Waals surface area contributed by atoms with Crippen LogP contribution in [0.1, 0.15) is 20.7 Å². The van der Waals surface area contributed by atoms with Gasteiger partial charge in [0.15, 0.2) is 0 Å². The molecule has 0 aromatic heterocycles. The van der Waals surface area contributed by atoms with Crippen molar-refractivity contribution in [2.45, 2.75) is 0 Å².